The number of guanidine groups is 1. The van der Waals surface area contributed by atoms with E-state index in [9.17, 15) is 8.42 Å². The highest BCUT2D eigenvalue weighted by Crippen LogP contribution is 2.21. The van der Waals surface area contributed by atoms with Crippen LogP contribution in [0.1, 0.15) is 38.3 Å². The molecule has 0 unspecified atom stereocenters. The number of nitrogens with one attached hydrogen (secondary N) is 1. The van der Waals surface area contributed by atoms with Gasteiger partial charge < -0.3 is 10.2 Å². The van der Waals surface area contributed by atoms with Crippen LogP contribution in [0, 0.1) is 12.3 Å². The Labute approximate surface area is 153 Å². The highest BCUT2D eigenvalue weighted by Gasteiger charge is 2.20. The summed E-state index contributed by atoms with van der Waals surface area (Å²) in [6.07, 6.45) is 1.89. The van der Waals surface area contributed by atoms with Crippen molar-refractivity contribution in [1.29, 1.82) is 0 Å². The maximum Gasteiger partial charge on any atom is 0.193 e. The van der Waals surface area contributed by atoms with Gasteiger partial charge in [0.2, 0.25) is 0 Å². The summed E-state index contributed by atoms with van der Waals surface area (Å²) in [5, 5.41) is 3.32. The van der Waals surface area contributed by atoms with Gasteiger partial charge in [-0.15, -0.1) is 0 Å². The van der Waals surface area contributed by atoms with Gasteiger partial charge in [-0.05, 0) is 31.2 Å². The third-order valence-corrected chi connectivity index (χ3v) is 4.99. The van der Waals surface area contributed by atoms with Crippen LogP contribution in [0.5, 0.6) is 0 Å². The van der Waals surface area contributed by atoms with Crippen molar-refractivity contribution in [1.82, 2.24) is 10.2 Å². The number of sulfone groups is 1. The zero-order valence-corrected chi connectivity index (χ0v) is 17.3. The van der Waals surface area contributed by atoms with E-state index >= 15 is 0 Å². The second-order valence-corrected chi connectivity index (χ2v) is 9.82. The number of rotatable bonds is 8. The van der Waals surface area contributed by atoms with Gasteiger partial charge in [0.15, 0.2) is 5.96 Å². The molecule has 6 heteroatoms. The van der Waals surface area contributed by atoms with Crippen LogP contribution < -0.4 is 5.32 Å². The molecule has 0 radical (unpaired) electrons. The molecule has 0 spiro atoms. The summed E-state index contributed by atoms with van der Waals surface area (Å²) in [6, 6.07) is 8.49. The van der Waals surface area contributed by atoms with Gasteiger partial charge in [-0.3, -0.25) is 4.99 Å². The number of aliphatic imine (C=N–C) groups is 1. The van der Waals surface area contributed by atoms with E-state index in [-0.39, 0.29) is 11.2 Å². The molecule has 0 bridgehead atoms. The first-order chi connectivity index (χ1) is 11.5. The second-order valence-electron chi connectivity index (χ2n) is 7.56. The smallest absolute Gasteiger partial charge is 0.193 e. The van der Waals surface area contributed by atoms with Crippen LogP contribution in [-0.4, -0.2) is 51.4 Å². The molecule has 0 aliphatic rings. The summed E-state index contributed by atoms with van der Waals surface area (Å²) in [5.41, 5.74) is 2.32. The van der Waals surface area contributed by atoms with Crippen molar-refractivity contribution in [3.05, 3.63) is 35.4 Å². The van der Waals surface area contributed by atoms with Gasteiger partial charge in [-0.2, -0.15) is 0 Å². The van der Waals surface area contributed by atoms with Crippen molar-refractivity contribution in [2.45, 2.75) is 40.7 Å². The number of hydrogen-bond acceptors (Lipinski definition) is 3. The minimum Gasteiger partial charge on any atom is -0.357 e. The zero-order chi connectivity index (χ0) is 19.1. The summed E-state index contributed by atoms with van der Waals surface area (Å²) >= 11 is 0. The molecule has 1 N–H and O–H groups in total. The Bertz CT molecular complexity index is 664. The highest BCUT2D eigenvalue weighted by molar-refractivity contribution is 7.90. The first-order valence-electron chi connectivity index (χ1n) is 8.75. The largest absolute Gasteiger partial charge is 0.357 e. The molecule has 142 valence electrons. The lowest BCUT2D eigenvalue weighted by molar-refractivity contribution is 0.361. The van der Waals surface area contributed by atoms with Crippen LogP contribution in [0.25, 0.3) is 0 Å². The van der Waals surface area contributed by atoms with Gasteiger partial charge >= 0.3 is 0 Å². The Balaban J connectivity index is 2.75. The fourth-order valence-electron chi connectivity index (χ4n) is 2.34. The predicted octanol–water partition coefficient (Wildman–Crippen LogP) is 2.85. The van der Waals surface area contributed by atoms with E-state index in [2.05, 4.69) is 55.3 Å². The van der Waals surface area contributed by atoms with Crippen LogP contribution in [-0.2, 0) is 16.4 Å². The molecule has 25 heavy (non-hydrogen) atoms. The van der Waals surface area contributed by atoms with Crippen molar-refractivity contribution >= 4 is 15.8 Å². The molecule has 1 aromatic carbocycles. The van der Waals surface area contributed by atoms with E-state index in [1.54, 1.807) is 0 Å². The summed E-state index contributed by atoms with van der Waals surface area (Å²) in [7, 11) is -0.922. The molecule has 1 rings (SSSR count). The molecule has 0 heterocycles. The standard InChI is InChI=1S/C19H33N3O2S/c1-7-20-18(21-15-19(3,4)12-13-25(6,23)24)22(5)14-17-10-8-16(2)9-11-17/h8-11H,7,12-15H2,1-6H3,(H,20,21). The molecule has 0 aliphatic heterocycles. The number of benzene rings is 1. The zero-order valence-electron chi connectivity index (χ0n) is 16.5. The lowest BCUT2D eigenvalue weighted by Gasteiger charge is -2.26. The van der Waals surface area contributed by atoms with Crippen molar-refractivity contribution in [3.63, 3.8) is 0 Å². The highest BCUT2D eigenvalue weighted by atomic mass is 32.2. The molecule has 0 aromatic heterocycles. The Hall–Kier alpha value is -1.56. The number of hydrogen-bond donors (Lipinski definition) is 1. The van der Waals surface area contributed by atoms with Crippen LogP contribution in [0.3, 0.4) is 0 Å². The average Bonchev–Trinajstić information content (AvgIpc) is 2.51. The predicted molar refractivity (Wildman–Crippen MR) is 107 cm³/mol. The van der Waals surface area contributed by atoms with Crippen molar-refractivity contribution in [3.8, 4) is 0 Å². The Morgan fingerprint density at radius 3 is 2.36 bits per heavy atom. The van der Waals surface area contributed by atoms with E-state index in [0.29, 0.717) is 13.0 Å². The fraction of sp³-hybridized carbons (Fsp3) is 0.632. The number of nitrogens with zero attached hydrogens (tertiary/aromatic N) is 2. The van der Waals surface area contributed by atoms with Crippen LogP contribution in [0.15, 0.2) is 29.3 Å². The minimum absolute atomic E-state index is 0.158. The lowest BCUT2D eigenvalue weighted by Crippen LogP contribution is -2.39. The molecule has 5 nitrogen and oxygen atoms in total. The van der Waals surface area contributed by atoms with Crippen molar-refractivity contribution in [2.75, 3.05) is 32.1 Å². The second kappa shape index (κ2) is 9.22. The van der Waals surface area contributed by atoms with Crippen molar-refractivity contribution in [2.24, 2.45) is 10.4 Å². The molecule has 0 saturated carbocycles. The Morgan fingerprint density at radius 1 is 1.24 bits per heavy atom. The maximum atomic E-state index is 11.4. The molecule has 0 saturated heterocycles. The van der Waals surface area contributed by atoms with Crippen LogP contribution >= 0.6 is 0 Å². The fourth-order valence-corrected chi connectivity index (χ4v) is 3.26. The third kappa shape index (κ3) is 8.91. The summed E-state index contributed by atoms with van der Waals surface area (Å²) < 4.78 is 22.8. The normalized spacial score (nSPS) is 13.0. The van der Waals surface area contributed by atoms with Crippen LogP contribution in [0.4, 0.5) is 0 Å². The van der Waals surface area contributed by atoms with E-state index in [0.717, 1.165) is 19.0 Å². The van der Waals surface area contributed by atoms with Crippen molar-refractivity contribution < 1.29 is 8.42 Å². The summed E-state index contributed by atoms with van der Waals surface area (Å²) in [5.74, 6) is 1.04. The summed E-state index contributed by atoms with van der Waals surface area (Å²) in [6.45, 7) is 10.4. The molecule has 0 atom stereocenters. The van der Waals surface area contributed by atoms with E-state index < -0.39 is 9.84 Å². The molecule has 0 aliphatic carbocycles. The molecule has 0 amide bonds. The SMILES string of the molecule is CCNC(=NCC(C)(C)CCS(C)(=O)=O)N(C)Cc1ccc(C)cc1. The summed E-state index contributed by atoms with van der Waals surface area (Å²) in [4.78, 5) is 6.83. The van der Waals surface area contributed by atoms with E-state index in [4.69, 9.17) is 4.99 Å². The first-order valence-corrected chi connectivity index (χ1v) is 10.8. The van der Waals surface area contributed by atoms with E-state index in [1.165, 1.54) is 17.4 Å². The van der Waals surface area contributed by atoms with Gasteiger partial charge in [-0.1, -0.05) is 43.7 Å². The van der Waals surface area contributed by atoms with Gasteiger partial charge in [0, 0.05) is 32.9 Å². The monoisotopic (exact) mass is 367 g/mol. The lowest BCUT2D eigenvalue weighted by atomic mass is 9.90. The van der Waals surface area contributed by atoms with Gasteiger partial charge in [0.25, 0.3) is 0 Å². The van der Waals surface area contributed by atoms with Gasteiger partial charge in [-0.25, -0.2) is 8.42 Å². The third-order valence-electron chi connectivity index (χ3n) is 4.04. The van der Waals surface area contributed by atoms with E-state index in [1.807, 2.05) is 14.0 Å². The Kier molecular flexibility index (Phi) is 7.93. The van der Waals surface area contributed by atoms with Crippen LogP contribution in [0.2, 0.25) is 0 Å². The number of aryl methyl sites for hydroxylation is 1. The topological polar surface area (TPSA) is 61.8 Å². The first kappa shape index (κ1) is 21.5. The van der Waals surface area contributed by atoms with Gasteiger partial charge in [0.05, 0.1) is 5.75 Å². The maximum absolute atomic E-state index is 11.4. The quantitative estimate of drug-likeness (QED) is 0.567. The molecular weight excluding hydrogens is 334 g/mol. The minimum atomic E-state index is -2.94. The molecule has 1 aromatic rings. The average molecular weight is 368 g/mol. The van der Waals surface area contributed by atoms with Gasteiger partial charge in [0.1, 0.15) is 9.84 Å². The molecule has 0 fully saturated rings. The Morgan fingerprint density at radius 2 is 1.84 bits per heavy atom. The molecular formula is C19H33N3O2S.